The molecule has 20 heavy (non-hydrogen) atoms. The van der Waals surface area contributed by atoms with Gasteiger partial charge in [-0.05, 0) is 11.3 Å². The minimum absolute atomic E-state index is 0.0108. The predicted octanol–water partition coefficient (Wildman–Crippen LogP) is 2.02. The molecule has 2 rings (SSSR count). The van der Waals surface area contributed by atoms with Gasteiger partial charge >= 0.3 is 0 Å². The summed E-state index contributed by atoms with van der Waals surface area (Å²) in [5.41, 5.74) is 0. The number of hydrogen-bond acceptors (Lipinski definition) is 6. The van der Waals surface area contributed by atoms with Crippen LogP contribution in [0.5, 0.6) is 5.75 Å². The van der Waals surface area contributed by atoms with Gasteiger partial charge in [0.15, 0.2) is 6.61 Å². The number of hydrogen-bond donors (Lipinski definition) is 0. The summed E-state index contributed by atoms with van der Waals surface area (Å²) in [5.74, 6) is 0.530. The maximum atomic E-state index is 11.2. The van der Waals surface area contributed by atoms with Gasteiger partial charge in [0.1, 0.15) is 10.6 Å². The van der Waals surface area contributed by atoms with Gasteiger partial charge in [0, 0.05) is 16.7 Å². The Balaban J connectivity index is 2.23. The first-order chi connectivity index (χ1) is 9.27. The van der Waals surface area contributed by atoms with Crippen molar-refractivity contribution in [2.24, 2.45) is 7.05 Å². The summed E-state index contributed by atoms with van der Waals surface area (Å²) in [5, 5.41) is 11.2. The van der Waals surface area contributed by atoms with Gasteiger partial charge in [-0.2, -0.15) is 4.80 Å². The highest BCUT2D eigenvalue weighted by molar-refractivity contribution is 8.13. The molecule has 0 aliphatic carbocycles. The summed E-state index contributed by atoms with van der Waals surface area (Å²) in [6.07, 6.45) is 0. The van der Waals surface area contributed by atoms with Crippen molar-refractivity contribution in [2.45, 2.75) is 11.5 Å². The first-order valence-electron chi connectivity index (χ1n) is 5.07. The average molecular weight is 358 g/mol. The van der Waals surface area contributed by atoms with E-state index in [0.29, 0.717) is 5.82 Å². The van der Waals surface area contributed by atoms with E-state index in [2.05, 4.69) is 15.4 Å². The second-order valence-corrected chi connectivity index (χ2v) is 6.98. The van der Waals surface area contributed by atoms with E-state index in [1.54, 1.807) is 7.05 Å². The molecule has 0 saturated heterocycles. The highest BCUT2D eigenvalue weighted by atomic mass is 35.7. The lowest BCUT2D eigenvalue weighted by Gasteiger charge is -2.08. The van der Waals surface area contributed by atoms with Crippen LogP contribution >= 0.6 is 33.9 Å². The summed E-state index contributed by atoms with van der Waals surface area (Å²) < 4.78 is 27.9. The van der Waals surface area contributed by atoms with E-state index in [9.17, 15) is 8.42 Å². The van der Waals surface area contributed by atoms with Crippen molar-refractivity contribution in [3.8, 4) is 5.75 Å². The third-order valence-corrected chi connectivity index (χ3v) is 4.24. The van der Waals surface area contributed by atoms with Gasteiger partial charge in [-0.1, -0.05) is 23.2 Å². The summed E-state index contributed by atoms with van der Waals surface area (Å²) >= 11 is 11.7. The fourth-order valence-corrected chi connectivity index (χ4v) is 3.12. The van der Waals surface area contributed by atoms with Crippen LogP contribution in [-0.2, 0) is 22.7 Å². The van der Waals surface area contributed by atoms with Crippen molar-refractivity contribution >= 4 is 42.9 Å². The molecule has 0 amide bonds. The smallest absolute Gasteiger partial charge is 0.262 e. The summed E-state index contributed by atoms with van der Waals surface area (Å²) in [4.78, 5) is 0.993. The number of halogens is 3. The summed E-state index contributed by atoms with van der Waals surface area (Å²) in [6.45, 7) is 0.0108. The minimum atomic E-state index is -3.97. The van der Waals surface area contributed by atoms with Gasteiger partial charge in [-0.15, -0.1) is 10.2 Å². The molecule has 7 nitrogen and oxygen atoms in total. The molecule has 11 heteroatoms. The Hall–Kier alpha value is -1.09. The molecule has 0 aliphatic heterocycles. The van der Waals surface area contributed by atoms with Crippen LogP contribution in [0, 0.1) is 0 Å². The Bertz CT molecular complexity index is 747. The first-order valence-corrected chi connectivity index (χ1v) is 8.13. The molecule has 0 saturated carbocycles. The maximum absolute atomic E-state index is 11.2. The molecule has 0 N–H and O–H groups in total. The number of aromatic nitrogens is 4. The second kappa shape index (κ2) is 5.72. The highest BCUT2D eigenvalue weighted by Crippen LogP contribution is 2.35. The molecule has 1 aromatic carbocycles. The van der Waals surface area contributed by atoms with Crippen molar-refractivity contribution in [2.75, 3.05) is 0 Å². The van der Waals surface area contributed by atoms with Crippen molar-refractivity contribution in [3.05, 3.63) is 28.0 Å². The second-order valence-electron chi connectivity index (χ2n) is 3.63. The zero-order valence-corrected chi connectivity index (χ0v) is 13.0. The molecule has 1 aromatic heterocycles. The van der Waals surface area contributed by atoms with Gasteiger partial charge in [0.2, 0.25) is 5.82 Å². The van der Waals surface area contributed by atoms with E-state index in [1.165, 1.54) is 10.9 Å². The topological polar surface area (TPSA) is 87.0 Å². The Kier molecular flexibility index (Phi) is 4.38. The standard InChI is InChI=1S/C9H7Cl3N4O3S/c1-16-14-9(13-15-16)4-19-7-2-6(11)8(3-5(7)10)20(12,17)18/h2-3H,4H2,1H3. The predicted molar refractivity (Wildman–Crippen MR) is 72.6 cm³/mol. The highest BCUT2D eigenvalue weighted by Gasteiger charge is 2.18. The number of rotatable bonds is 4. The van der Waals surface area contributed by atoms with Gasteiger partial charge < -0.3 is 4.74 Å². The Morgan fingerprint density at radius 3 is 2.55 bits per heavy atom. The van der Waals surface area contributed by atoms with E-state index in [4.69, 9.17) is 38.6 Å². The molecule has 0 fully saturated rings. The molecule has 0 aliphatic rings. The van der Waals surface area contributed by atoms with Crippen LogP contribution in [0.15, 0.2) is 17.0 Å². The van der Waals surface area contributed by atoms with E-state index < -0.39 is 9.05 Å². The Morgan fingerprint density at radius 2 is 2.00 bits per heavy atom. The van der Waals surface area contributed by atoms with Gasteiger partial charge in [0.25, 0.3) is 9.05 Å². The Morgan fingerprint density at radius 1 is 1.30 bits per heavy atom. The summed E-state index contributed by atoms with van der Waals surface area (Å²) in [6, 6.07) is 2.38. The summed E-state index contributed by atoms with van der Waals surface area (Å²) in [7, 11) is 2.86. The third-order valence-electron chi connectivity index (χ3n) is 2.16. The lowest BCUT2D eigenvalue weighted by molar-refractivity contribution is 0.295. The van der Waals surface area contributed by atoms with E-state index in [1.807, 2.05) is 0 Å². The average Bonchev–Trinajstić information content (AvgIpc) is 2.74. The van der Waals surface area contributed by atoms with Gasteiger partial charge in [0.05, 0.1) is 17.1 Å². The molecule has 0 atom stereocenters. The number of benzene rings is 1. The SMILES string of the molecule is Cn1nnc(COc2cc(Cl)c(S(=O)(=O)Cl)cc2Cl)n1. The largest absolute Gasteiger partial charge is 0.484 e. The lowest BCUT2D eigenvalue weighted by atomic mass is 10.3. The molecule has 2 aromatic rings. The van der Waals surface area contributed by atoms with Crippen molar-refractivity contribution in [1.82, 2.24) is 20.2 Å². The van der Waals surface area contributed by atoms with Crippen LogP contribution in [0.4, 0.5) is 0 Å². The van der Waals surface area contributed by atoms with Crippen molar-refractivity contribution in [3.63, 3.8) is 0 Å². The molecular formula is C9H7Cl3N4O3S. The molecule has 0 unspecified atom stereocenters. The third kappa shape index (κ3) is 3.51. The zero-order chi connectivity index (χ0) is 14.9. The molecule has 0 bridgehead atoms. The molecule has 0 spiro atoms. The van der Waals surface area contributed by atoms with E-state index in [-0.39, 0.29) is 27.3 Å². The molecular weight excluding hydrogens is 351 g/mol. The first kappa shape index (κ1) is 15.3. The van der Waals surface area contributed by atoms with E-state index in [0.717, 1.165) is 6.07 Å². The number of ether oxygens (including phenoxy) is 1. The van der Waals surface area contributed by atoms with Crippen LogP contribution in [0.3, 0.4) is 0 Å². The van der Waals surface area contributed by atoms with Gasteiger partial charge in [-0.3, -0.25) is 0 Å². The number of tetrazole rings is 1. The fraction of sp³-hybridized carbons (Fsp3) is 0.222. The molecule has 0 radical (unpaired) electrons. The fourth-order valence-electron chi connectivity index (χ4n) is 1.33. The number of nitrogens with zero attached hydrogens (tertiary/aromatic N) is 4. The van der Waals surface area contributed by atoms with Crippen LogP contribution in [0.25, 0.3) is 0 Å². The normalized spacial score (nSPS) is 11.6. The monoisotopic (exact) mass is 356 g/mol. The quantitative estimate of drug-likeness (QED) is 0.778. The maximum Gasteiger partial charge on any atom is 0.262 e. The lowest BCUT2D eigenvalue weighted by Crippen LogP contribution is -2.01. The van der Waals surface area contributed by atoms with Crippen molar-refractivity contribution in [1.29, 1.82) is 0 Å². The Labute approximate surface area is 128 Å². The van der Waals surface area contributed by atoms with E-state index >= 15 is 0 Å². The molecule has 1 heterocycles. The van der Waals surface area contributed by atoms with Crippen LogP contribution in [0.2, 0.25) is 10.0 Å². The number of aryl methyl sites for hydroxylation is 1. The van der Waals surface area contributed by atoms with Gasteiger partial charge in [-0.25, -0.2) is 8.42 Å². The van der Waals surface area contributed by atoms with Crippen LogP contribution < -0.4 is 4.74 Å². The minimum Gasteiger partial charge on any atom is -0.484 e. The van der Waals surface area contributed by atoms with Crippen LogP contribution in [-0.4, -0.2) is 28.6 Å². The zero-order valence-electron chi connectivity index (χ0n) is 9.92. The van der Waals surface area contributed by atoms with Crippen LogP contribution in [0.1, 0.15) is 5.82 Å². The van der Waals surface area contributed by atoms with Crippen molar-refractivity contribution < 1.29 is 13.2 Å². The molecule has 108 valence electrons.